The lowest BCUT2D eigenvalue weighted by Gasteiger charge is -2.08. The summed E-state index contributed by atoms with van der Waals surface area (Å²) in [6.07, 6.45) is 4.97. The first-order valence-electron chi connectivity index (χ1n) is 6.55. The Morgan fingerprint density at radius 3 is 2.63 bits per heavy atom. The predicted molar refractivity (Wildman–Crippen MR) is 74.9 cm³/mol. The SMILES string of the molecule is CNc1cc(-c2cnn(C)c2)nc(C2CC2(C)C)n1. The van der Waals surface area contributed by atoms with Crippen molar-refractivity contribution in [3.05, 3.63) is 24.3 Å². The van der Waals surface area contributed by atoms with Gasteiger partial charge >= 0.3 is 0 Å². The Bertz CT molecular complexity index is 614. The van der Waals surface area contributed by atoms with Crippen LogP contribution in [0, 0.1) is 5.41 Å². The molecular formula is C14H19N5. The smallest absolute Gasteiger partial charge is 0.135 e. The zero-order valence-electron chi connectivity index (χ0n) is 11.8. The Balaban J connectivity index is 2.03. The molecule has 1 aliphatic rings. The Kier molecular flexibility index (Phi) is 2.59. The molecule has 1 atom stereocenters. The summed E-state index contributed by atoms with van der Waals surface area (Å²) in [4.78, 5) is 9.31. The van der Waals surface area contributed by atoms with E-state index in [0.717, 1.165) is 29.3 Å². The highest BCUT2D eigenvalue weighted by Gasteiger charge is 2.48. The van der Waals surface area contributed by atoms with Crippen molar-refractivity contribution in [1.29, 1.82) is 0 Å². The topological polar surface area (TPSA) is 55.6 Å². The van der Waals surface area contributed by atoms with Crippen LogP contribution < -0.4 is 5.32 Å². The molecule has 3 rings (SSSR count). The van der Waals surface area contributed by atoms with E-state index < -0.39 is 0 Å². The standard InChI is InChI=1S/C14H19N5/c1-14(2)6-10(14)13-17-11(5-12(15-3)18-13)9-7-16-19(4)8-9/h5,7-8,10H,6H2,1-4H3,(H,15,17,18). The molecule has 2 aromatic heterocycles. The van der Waals surface area contributed by atoms with E-state index in [2.05, 4.69) is 29.2 Å². The number of aromatic nitrogens is 4. The summed E-state index contributed by atoms with van der Waals surface area (Å²) in [5, 5.41) is 7.32. The van der Waals surface area contributed by atoms with E-state index in [9.17, 15) is 0 Å². The summed E-state index contributed by atoms with van der Waals surface area (Å²) in [6, 6.07) is 1.97. The van der Waals surface area contributed by atoms with Gasteiger partial charge in [0.25, 0.3) is 0 Å². The van der Waals surface area contributed by atoms with E-state index in [1.165, 1.54) is 0 Å². The average Bonchev–Trinajstić information content (AvgIpc) is 2.81. The van der Waals surface area contributed by atoms with Crippen molar-refractivity contribution in [2.45, 2.75) is 26.2 Å². The summed E-state index contributed by atoms with van der Waals surface area (Å²) < 4.78 is 1.79. The van der Waals surface area contributed by atoms with Gasteiger partial charge in [0.05, 0.1) is 11.9 Å². The molecule has 1 saturated carbocycles. The second kappa shape index (κ2) is 4.05. The summed E-state index contributed by atoms with van der Waals surface area (Å²) in [5.74, 6) is 2.28. The molecular weight excluding hydrogens is 238 g/mol. The van der Waals surface area contributed by atoms with Crippen molar-refractivity contribution in [3.8, 4) is 11.3 Å². The third-order valence-electron chi connectivity index (χ3n) is 3.83. The fourth-order valence-electron chi connectivity index (χ4n) is 2.36. The lowest BCUT2D eigenvalue weighted by molar-refractivity contribution is 0.609. The van der Waals surface area contributed by atoms with Gasteiger partial charge in [0.15, 0.2) is 0 Å². The van der Waals surface area contributed by atoms with Crippen LogP contribution in [0.3, 0.4) is 0 Å². The molecule has 2 aromatic rings. The summed E-state index contributed by atoms with van der Waals surface area (Å²) in [5.41, 5.74) is 2.30. The van der Waals surface area contributed by atoms with Gasteiger partial charge in [-0.2, -0.15) is 5.10 Å². The van der Waals surface area contributed by atoms with Crippen molar-refractivity contribution in [1.82, 2.24) is 19.7 Å². The third-order valence-corrected chi connectivity index (χ3v) is 3.83. The molecule has 0 amide bonds. The van der Waals surface area contributed by atoms with Crippen molar-refractivity contribution >= 4 is 5.82 Å². The third kappa shape index (κ3) is 2.20. The normalized spacial score (nSPS) is 20.3. The molecule has 1 aliphatic carbocycles. The van der Waals surface area contributed by atoms with E-state index in [1.54, 1.807) is 4.68 Å². The van der Waals surface area contributed by atoms with Crippen molar-refractivity contribution in [2.24, 2.45) is 12.5 Å². The summed E-state index contributed by atoms with van der Waals surface area (Å²) >= 11 is 0. The monoisotopic (exact) mass is 257 g/mol. The lowest BCUT2D eigenvalue weighted by atomic mass is 10.1. The van der Waals surface area contributed by atoms with E-state index in [4.69, 9.17) is 4.98 Å². The van der Waals surface area contributed by atoms with Gasteiger partial charge in [-0.1, -0.05) is 13.8 Å². The molecule has 0 saturated heterocycles. The maximum absolute atomic E-state index is 4.72. The van der Waals surface area contributed by atoms with Gasteiger partial charge in [-0.25, -0.2) is 9.97 Å². The molecule has 1 fully saturated rings. The number of anilines is 1. The molecule has 0 aliphatic heterocycles. The molecule has 100 valence electrons. The number of nitrogens with one attached hydrogen (secondary N) is 1. The average molecular weight is 257 g/mol. The van der Waals surface area contributed by atoms with E-state index in [1.807, 2.05) is 32.6 Å². The van der Waals surface area contributed by atoms with Gasteiger partial charge in [0.2, 0.25) is 0 Å². The molecule has 5 nitrogen and oxygen atoms in total. The van der Waals surface area contributed by atoms with Crippen LogP contribution in [0.2, 0.25) is 0 Å². The number of nitrogens with zero attached hydrogens (tertiary/aromatic N) is 4. The zero-order chi connectivity index (χ0) is 13.6. The number of rotatable bonds is 3. The molecule has 5 heteroatoms. The van der Waals surface area contributed by atoms with Crippen molar-refractivity contribution in [2.75, 3.05) is 12.4 Å². The second-order valence-corrected chi connectivity index (χ2v) is 5.89. The first-order valence-corrected chi connectivity index (χ1v) is 6.55. The minimum atomic E-state index is 0.332. The van der Waals surface area contributed by atoms with Crippen molar-refractivity contribution < 1.29 is 0 Å². The number of hydrogen-bond acceptors (Lipinski definition) is 4. The van der Waals surface area contributed by atoms with Gasteiger partial charge in [-0.05, 0) is 11.8 Å². The largest absolute Gasteiger partial charge is 0.373 e. The Labute approximate surface area is 113 Å². The maximum atomic E-state index is 4.72. The van der Waals surface area contributed by atoms with Crippen molar-refractivity contribution in [3.63, 3.8) is 0 Å². The Morgan fingerprint density at radius 2 is 2.11 bits per heavy atom. The molecule has 2 heterocycles. The minimum absolute atomic E-state index is 0.332. The minimum Gasteiger partial charge on any atom is -0.373 e. The van der Waals surface area contributed by atoms with Gasteiger partial charge in [-0.15, -0.1) is 0 Å². The molecule has 0 aromatic carbocycles. The van der Waals surface area contributed by atoms with Crippen LogP contribution in [0.15, 0.2) is 18.5 Å². The molecule has 1 N–H and O–H groups in total. The van der Waals surface area contributed by atoms with Gasteiger partial charge in [0, 0.05) is 37.8 Å². The van der Waals surface area contributed by atoms with Crippen LogP contribution >= 0.6 is 0 Å². The molecule has 0 spiro atoms. The van der Waals surface area contributed by atoms with Crippen LogP contribution in [0.4, 0.5) is 5.82 Å². The highest BCUT2D eigenvalue weighted by Crippen LogP contribution is 2.57. The van der Waals surface area contributed by atoms with Gasteiger partial charge in [0.1, 0.15) is 11.6 Å². The quantitative estimate of drug-likeness (QED) is 0.917. The fraction of sp³-hybridized carbons (Fsp3) is 0.500. The fourth-order valence-corrected chi connectivity index (χ4v) is 2.36. The number of hydrogen-bond donors (Lipinski definition) is 1. The van der Waals surface area contributed by atoms with E-state index in [-0.39, 0.29) is 0 Å². The Hall–Kier alpha value is -1.91. The second-order valence-electron chi connectivity index (χ2n) is 5.89. The highest BCUT2D eigenvalue weighted by atomic mass is 15.2. The van der Waals surface area contributed by atoms with Crippen LogP contribution in [0.25, 0.3) is 11.3 Å². The molecule has 1 unspecified atom stereocenters. The zero-order valence-corrected chi connectivity index (χ0v) is 11.8. The Morgan fingerprint density at radius 1 is 1.37 bits per heavy atom. The molecule has 19 heavy (non-hydrogen) atoms. The predicted octanol–water partition coefficient (Wildman–Crippen LogP) is 2.43. The lowest BCUT2D eigenvalue weighted by Crippen LogP contribution is -2.02. The summed E-state index contributed by atoms with van der Waals surface area (Å²) in [6.45, 7) is 4.52. The van der Waals surface area contributed by atoms with E-state index >= 15 is 0 Å². The van der Waals surface area contributed by atoms with Crippen LogP contribution in [0.1, 0.15) is 32.0 Å². The van der Waals surface area contributed by atoms with Crippen LogP contribution in [-0.4, -0.2) is 26.8 Å². The number of aryl methyl sites for hydroxylation is 1. The van der Waals surface area contributed by atoms with E-state index in [0.29, 0.717) is 11.3 Å². The highest BCUT2D eigenvalue weighted by molar-refractivity contribution is 5.61. The first kappa shape index (κ1) is 12.1. The molecule has 0 radical (unpaired) electrons. The maximum Gasteiger partial charge on any atom is 0.135 e. The van der Waals surface area contributed by atoms with Gasteiger partial charge < -0.3 is 5.32 Å². The molecule has 0 bridgehead atoms. The first-order chi connectivity index (χ1) is 8.99. The van der Waals surface area contributed by atoms with Gasteiger partial charge in [-0.3, -0.25) is 4.68 Å². The van der Waals surface area contributed by atoms with Crippen LogP contribution in [-0.2, 0) is 7.05 Å². The summed E-state index contributed by atoms with van der Waals surface area (Å²) in [7, 11) is 3.80. The van der Waals surface area contributed by atoms with Crippen LogP contribution in [0.5, 0.6) is 0 Å².